The summed E-state index contributed by atoms with van der Waals surface area (Å²) in [4.78, 5) is 42.6. The molecule has 2 amide bonds. The van der Waals surface area contributed by atoms with Gasteiger partial charge in [-0.05, 0) is 43.4 Å². The first-order valence-corrected chi connectivity index (χ1v) is 9.45. The molecule has 2 aliphatic rings. The zero-order valence-corrected chi connectivity index (χ0v) is 15.1. The number of carbonyl (C=O) groups is 2. The van der Waals surface area contributed by atoms with Gasteiger partial charge in [0.1, 0.15) is 0 Å². The Morgan fingerprint density at radius 2 is 2.07 bits per heavy atom. The van der Waals surface area contributed by atoms with Gasteiger partial charge in [0.2, 0.25) is 11.8 Å². The summed E-state index contributed by atoms with van der Waals surface area (Å²) in [5.74, 6) is 0.662. The number of likely N-dealkylation sites (tertiary alicyclic amines) is 1. The van der Waals surface area contributed by atoms with Gasteiger partial charge in [0.15, 0.2) is 5.82 Å². The fraction of sp³-hybridized carbons (Fsp3) is 0.474. The summed E-state index contributed by atoms with van der Waals surface area (Å²) < 4.78 is 0. The Morgan fingerprint density at radius 3 is 2.81 bits per heavy atom. The van der Waals surface area contributed by atoms with E-state index in [-0.39, 0.29) is 30.0 Å². The lowest BCUT2D eigenvalue weighted by Crippen LogP contribution is -2.40. The number of anilines is 1. The van der Waals surface area contributed by atoms with E-state index in [2.05, 4.69) is 15.2 Å². The third-order valence-corrected chi connectivity index (χ3v) is 5.31. The fourth-order valence-electron chi connectivity index (χ4n) is 3.99. The predicted octanol–water partition coefficient (Wildman–Crippen LogP) is 1.52. The SMILES string of the molecule is O=C1CCCN1c1cccc(CC(=O)N2CCCCC2c2n[nH]c(=O)[nH]2)c1. The number of aromatic nitrogens is 3. The Hall–Kier alpha value is -2.90. The van der Waals surface area contributed by atoms with Crippen LogP contribution in [0.5, 0.6) is 0 Å². The molecule has 1 aromatic heterocycles. The van der Waals surface area contributed by atoms with E-state index in [0.717, 1.165) is 43.5 Å². The smallest absolute Gasteiger partial charge is 0.332 e. The van der Waals surface area contributed by atoms with Crippen LogP contribution in [0.25, 0.3) is 0 Å². The molecule has 2 aromatic rings. The molecule has 0 bridgehead atoms. The summed E-state index contributed by atoms with van der Waals surface area (Å²) in [6, 6.07) is 7.44. The van der Waals surface area contributed by atoms with E-state index in [0.29, 0.717) is 18.8 Å². The normalized spacial score (nSPS) is 20.3. The molecular formula is C19H23N5O3. The molecule has 8 heteroatoms. The van der Waals surface area contributed by atoms with E-state index in [1.54, 1.807) is 4.90 Å². The minimum Gasteiger partial charge on any atom is -0.332 e. The summed E-state index contributed by atoms with van der Waals surface area (Å²) in [6.45, 7) is 1.39. The molecule has 0 saturated carbocycles. The van der Waals surface area contributed by atoms with E-state index < -0.39 is 0 Å². The summed E-state index contributed by atoms with van der Waals surface area (Å²) in [7, 11) is 0. The van der Waals surface area contributed by atoms with Crippen LogP contribution in [0.4, 0.5) is 5.69 Å². The van der Waals surface area contributed by atoms with Gasteiger partial charge in [0.05, 0.1) is 12.5 Å². The summed E-state index contributed by atoms with van der Waals surface area (Å²) in [5.41, 5.74) is 1.39. The maximum atomic E-state index is 13.0. The minimum absolute atomic E-state index is 0.00782. The van der Waals surface area contributed by atoms with Gasteiger partial charge in [-0.3, -0.25) is 14.6 Å². The number of piperidine rings is 1. The van der Waals surface area contributed by atoms with Crippen LogP contribution in [0.2, 0.25) is 0 Å². The van der Waals surface area contributed by atoms with Crippen molar-refractivity contribution in [1.29, 1.82) is 0 Å². The van der Waals surface area contributed by atoms with E-state index >= 15 is 0 Å². The fourth-order valence-corrected chi connectivity index (χ4v) is 3.99. The van der Waals surface area contributed by atoms with E-state index in [4.69, 9.17) is 0 Å². The van der Waals surface area contributed by atoms with Gasteiger partial charge in [0.25, 0.3) is 0 Å². The van der Waals surface area contributed by atoms with Gasteiger partial charge >= 0.3 is 5.69 Å². The minimum atomic E-state index is -0.356. The summed E-state index contributed by atoms with van der Waals surface area (Å²) in [6.07, 6.45) is 4.45. The van der Waals surface area contributed by atoms with Crippen molar-refractivity contribution in [3.63, 3.8) is 0 Å². The molecule has 2 aliphatic heterocycles. The van der Waals surface area contributed by atoms with Gasteiger partial charge in [-0.1, -0.05) is 12.1 Å². The predicted molar refractivity (Wildman–Crippen MR) is 99.2 cm³/mol. The average Bonchev–Trinajstić information content (AvgIpc) is 3.30. The van der Waals surface area contributed by atoms with Crippen molar-refractivity contribution < 1.29 is 9.59 Å². The number of aromatic amines is 2. The largest absolute Gasteiger partial charge is 0.340 e. The standard InChI is InChI=1S/C19H23N5O3/c25-16-8-4-10-23(16)14-6-3-5-13(11-14)12-17(26)24-9-2-1-7-15(24)18-20-19(27)22-21-18/h3,5-6,11,15H,1-2,4,7-10,12H2,(H2,20,21,22,27). The zero-order valence-electron chi connectivity index (χ0n) is 15.1. The molecule has 8 nitrogen and oxygen atoms in total. The Balaban J connectivity index is 1.51. The Bertz CT molecular complexity index is 903. The first kappa shape index (κ1) is 17.5. The number of benzene rings is 1. The number of hydrogen-bond acceptors (Lipinski definition) is 4. The van der Waals surface area contributed by atoms with Crippen molar-refractivity contribution in [2.75, 3.05) is 18.0 Å². The van der Waals surface area contributed by atoms with Crippen molar-refractivity contribution in [3.05, 3.63) is 46.1 Å². The van der Waals surface area contributed by atoms with Crippen LogP contribution in [0, 0.1) is 0 Å². The average molecular weight is 369 g/mol. The number of H-pyrrole nitrogens is 2. The zero-order chi connectivity index (χ0) is 18.8. The highest BCUT2D eigenvalue weighted by Gasteiger charge is 2.30. The molecule has 0 spiro atoms. The second kappa shape index (κ2) is 7.38. The lowest BCUT2D eigenvalue weighted by Gasteiger charge is -2.34. The van der Waals surface area contributed by atoms with Crippen LogP contribution in [-0.4, -0.2) is 45.0 Å². The number of nitrogens with one attached hydrogen (secondary N) is 2. The number of hydrogen-bond donors (Lipinski definition) is 2. The third kappa shape index (κ3) is 3.65. The van der Waals surface area contributed by atoms with Crippen LogP contribution in [0.15, 0.2) is 29.1 Å². The Kier molecular flexibility index (Phi) is 4.79. The molecule has 2 fully saturated rings. The molecule has 1 aromatic carbocycles. The van der Waals surface area contributed by atoms with Gasteiger partial charge < -0.3 is 9.80 Å². The maximum absolute atomic E-state index is 13.0. The number of nitrogens with zero attached hydrogens (tertiary/aromatic N) is 3. The molecule has 2 saturated heterocycles. The third-order valence-electron chi connectivity index (χ3n) is 5.31. The molecule has 2 N–H and O–H groups in total. The molecule has 0 radical (unpaired) electrons. The van der Waals surface area contributed by atoms with Crippen molar-refractivity contribution in [1.82, 2.24) is 20.1 Å². The molecule has 1 atom stereocenters. The van der Waals surface area contributed by atoms with Crippen LogP contribution in [0.3, 0.4) is 0 Å². The Morgan fingerprint density at radius 1 is 1.19 bits per heavy atom. The van der Waals surface area contributed by atoms with Crippen molar-refractivity contribution >= 4 is 17.5 Å². The highest BCUT2D eigenvalue weighted by molar-refractivity contribution is 5.95. The van der Waals surface area contributed by atoms with Crippen LogP contribution >= 0.6 is 0 Å². The lowest BCUT2D eigenvalue weighted by molar-refractivity contribution is -0.134. The second-order valence-electron chi connectivity index (χ2n) is 7.16. The summed E-state index contributed by atoms with van der Waals surface area (Å²) in [5, 5.41) is 6.40. The number of rotatable bonds is 4. The van der Waals surface area contributed by atoms with Crippen molar-refractivity contribution in [3.8, 4) is 0 Å². The van der Waals surface area contributed by atoms with Crippen LogP contribution in [-0.2, 0) is 16.0 Å². The van der Waals surface area contributed by atoms with E-state index in [1.807, 2.05) is 29.2 Å². The van der Waals surface area contributed by atoms with Gasteiger partial charge in [-0.15, -0.1) is 0 Å². The van der Waals surface area contributed by atoms with Crippen LogP contribution in [0.1, 0.15) is 49.5 Å². The van der Waals surface area contributed by atoms with Gasteiger partial charge in [0, 0.05) is 25.2 Å². The molecule has 4 rings (SSSR count). The van der Waals surface area contributed by atoms with Gasteiger partial charge in [-0.25, -0.2) is 9.89 Å². The number of amides is 2. The highest BCUT2D eigenvalue weighted by Crippen LogP contribution is 2.29. The van der Waals surface area contributed by atoms with E-state index in [1.165, 1.54) is 0 Å². The van der Waals surface area contributed by atoms with Gasteiger partial charge in [-0.2, -0.15) is 5.10 Å². The molecule has 27 heavy (non-hydrogen) atoms. The van der Waals surface area contributed by atoms with Crippen molar-refractivity contribution in [2.24, 2.45) is 0 Å². The second-order valence-corrected chi connectivity index (χ2v) is 7.16. The lowest BCUT2D eigenvalue weighted by atomic mass is 10.00. The first-order valence-electron chi connectivity index (χ1n) is 9.45. The molecule has 3 heterocycles. The van der Waals surface area contributed by atoms with Crippen LogP contribution < -0.4 is 10.6 Å². The Labute approximate surface area is 156 Å². The van der Waals surface area contributed by atoms with E-state index in [9.17, 15) is 14.4 Å². The topological polar surface area (TPSA) is 102 Å². The number of carbonyl (C=O) groups excluding carboxylic acids is 2. The molecule has 142 valence electrons. The maximum Gasteiger partial charge on any atom is 0.340 e. The first-order chi connectivity index (χ1) is 13.1. The summed E-state index contributed by atoms with van der Waals surface area (Å²) >= 11 is 0. The quantitative estimate of drug-likeness (QED) is 0.853. The van der Waals surface area contributed by atoms with Crippen molar-refractivity contribution in [2.45, 2.75) is 44.6 Å². The molecular weight excluding hydrogens is 346 g/mol. The monoisotopic (exact) mass is 369 g/mol. The molecule has 1 unspecified atom stereocenters. The molecule has 0 aliphatic carbocycles. The highest BCUT2D eigenvalue weighted by atomic mass is 16.2.